The molecule has 1 unspecified atom stereocenters. The maximum atomic E-state index is 12.2. The van der Waals surface area contributed by atoms with Crippen LogP contribution in [0.1, 0.15) is 31.9 Å². The van der Waals surface area contributed by atoms with Gasteiger partial charge in [-0.25, -0.2) is 0 Å². The van der Waals surface area contributed by atoms with Crippen LogP contribution in [0.5, 0.6) is 0 Å². The molecule has 1 aromatic heterocycles. The van der Waals surface area contributed by atoms with Crippen LogP contribution in [0.3, 0.4) is 0 Å². The Morgan fingerprint density at radius 3 is 2.68 bits per heavy atom. The Kier molecular flexibility index (Phi) is 6.80. The van der Waals surface area contributed by atoms with Gasteiger partial charge in [-0.3, -0.25) is 14.7 Å². The van der Waals surface area contributed by atoms with Crippen molar-refractivity contribution in [2.24, 2.45) is 0 Å². The Hall–Kier alpha value is -1.46. The van der Waals surface area contributed by atoms with Crippen LogP contribution in [0.15, 0.2) is 24.4 Å². The highest BCUT2D eigenvalue weighted by molar-refractivity contribution is 5.76. The molecule has 1 amide bonds. The molecule has 0 saturated carbocycles. The molecule has 5 heteroatoms. The monoisotopic (exact) mass is 305 g/mol. The van der Waals surface area contributed by atoms with Crippen LogP contribution in [0, 0.1) is 0 Å². The summed E-state index contributed by atoms with van der Waals surface area (Å²) in [5.41, 5.74) is 1.05. The fraction of sp³-hybridized carbons (Fsp3) is 0.647. The van der Waals surface area contributed by atoms with Gasteiger partial charge in [-0.2, -0.15) is 0 Å². The predicted octanol–water partition coefficient (Wildman–Crippen LogP) is 1.32. The number of piperazine rings is 1. The summed E-state index contributed by atoms with van der Waals surface area (Å²) in [4.78, 5) is 20.8. The number of carbonyl (C=O) groups is 1. The molecule has 0 bridgehead atoms. The molecule has 1 aliphatic rings. The second kappa shape index (κ2) is 8.86. The lowest BCUT2D eigenvalue weighted by Gasteiger charge is -2.38. The summed E-state index contributed by atoms with van der Waals surface area (Å²) in [6.45, 7) is 5.58. The van der Waals surface area contributed by atoms with Crippen LogP contribution in [0.4, 0.5) is 0 Å². The van der Waals surface area contributed by atoms with Crippen molar-refractivity contribution >= 4 is 5.91 Å². The fourth-order valence-electron chi connectivity index (χ4n) is 2.96. The quantitative estimate of drug-likeness (QED) is 0.825. The van der Waals surface area contributed by atoms with E-state index in [4.69, 9.17) is 0 Å². The molecule has 1 saturated heterocycles. The van der Waals surface area contributed by atoms with E-state index < -0.39 is 0 Å². The van der Waals surface area contributed by atoms with Crippen molar-refractivity contribution in [3.63, 3.8) is 0 Å². The van der Waals surface area contributed by atoms with Crippen LogP contribution in [-0.4, -0.2) is 64.6 Å². The van der Waals surface area contributed by atoms with Gasteiger partial charge in [-0.1, -0.05) is 13.0 Å². The van der Waals surface area contributed by atoms with E-state index in [9.17, 15) is 9.90 Å². The molecule has 0 aromatic carbocycles. The van der Waals surface area contributed by atoms with Crippen molar-refractivity contribution in [2.45, 2.75) is 38.6 Å². The molecule has 0 aliphatic carbocycles. The summed E-state index contributed by atoms with van der Waals surface area (Å²) in [7, 11) is 0. The van der Waals surface area contributed by atoms with Gasteiger partial charge in [-0.15, -0.1) is 0 Å². The Labute approximate surface area is 132 Å². The van der Waals surface area contributed by atoms with Crippen LogP contribution in [-0.2, 0) is 11.2 Å². The minimum Gasteiger partial charge on any atom is -0.395 e. The van der Waals surface area contributed by atoms with E-state index >= 15 is 0 Å². The van der Waals surface area contributed by atoms with Crippen molar-refractivity contribution in [1.29, 1.82) is 0 Å². The Balaban J connectivity index is 1.69. The average molecular weight is 305 g/mol. The van der Waals surface area contributed by atoms with Crippen LogP contribution >= 0.6 is 0 Å². The van der Waals surface area contributed by atoms with Crippen LogP contribution < -0.4 is 0 Å². The van der Waals surface area contributed by atoms with Crippen molar-refractivity contribution in [1.82, 2.24) is 14.8 Å². The number of carbonyl (C=O) groups excluding carboxylic acids is 1. The first-order valence-corrected chi connectivity index (χ1v) is 8.27. The molecule has 122 valence electrons. The zero-order chi connectivity index (χ0) is 15.8. The van der Waals surface area contributed by atoms with E-state index in [1.54, 1.807) is 6.20 Å². The number of hydrogen-bond donors (Lipinski definition) is 1. The zero-order valence-electron chi connectivity index (χ0n) is 13.4. The first-order chi connectivity index (χ1) is 10.7. The van der Waals surface area contributed by atoms with Gasteiger partial charge in [0, 0.05) is 50.5 Å². The lowest BCUT2D eigenvalue weighted by atomic mass is 10.1. The highest BCUT2D eigenvalue weighted by Crippen LogP contribution is 2.11. The standard InChI is InChI=1S/C17H27N3O2/c1-2-16(14-21)19-10-12-20(13-11-19)17(22)8-5-7-15-6-3-4-9-18-15/h3-4,6,9,16,21H,2,5,7-8,10-14H2,1H3. The third-order valence-corrected chi connectivity index (χ3v) is 4.42. The molecule has 22 heavy (non-hydrogen) atoms. The summed E-state index contributed by atoms with van der Waals surface area (Å²) in [5.74, 6) is 0.243. The topological polar surface area (TPSA) is 56.7 Å². The number of aromatic nitrogens is 1. The molecular formula is C17H27N3O2. The molecular weight excluding hydrogens is 278 g/mol. The third kappa shape index (κ3) is 4.78. The van der Waals surface area contributed by atoms with E-state index in [1.807, 2.05) is 23.1 Å². The van der Waals surface area contributed by atoms with Crippen molar-refractivity contribution in [2.75, 3.05) is 32.8 Å². The SMILES string of the molecule is CCC(CO)N1CCN(C(=O)CCCc2ccccn2)CC1. The van der Waals surface area contributed by atoms with E-state index in [2.05, 4.69) is 16.8 Å². The lowest BCUT2D eigenvalue weighted by molar-refractivity contribution is -0.133. The number of amides is 1. The van der Waals surface area contributed by atoms with Gasteiger partial charge in [0.25, 0.3) is 0 Å². The Morgan fingerprint density at radius 2 is 2.09 bits per heavy atom. The van der Waals surface area contributed by atoms with Crippen molar-refractivity contribution < 1.29 is 9.90 Å². The summed E-state index contributed by atoms with van der Waals surface area (Å²) >= 11 is 0. The number of aliphatic hydroxyl groups excluding tert-OH is 1. The number of aryl methyl sites for hydroxylation is 1. The first-order valence-electron chi connectivity index (χ1n) is 8.27. The van der Waals surface area contributed by atoms with Crippen molar-refractivity contribution in [3.8, 4) is 0 Å². The molecule has 2 rings (SSSR count). The summed E-state index contributed by atoms with van der Waals surface area (Å²) in [5, 5.41) is 9.35. The molecule has 1 aliphatic heterocycles. The Morgan fingerprint density at radius 1 is 1.32 bits per heavy atom. The normalized spacial score (nSPS) is 17.5. The van der Waals surface area contributed by atoms with E-state index in [0.717, 1.165) is 51.1 Å². The molecule has 5 nitrogen and oxygen atoms in total. The first kappa shape index (κ1) is 16.9. The molecule has 0 radical (unpaired) electrons. The van der Waals surface area contributed by atoms with Gasteiger partial charge in [0.05, 0.1) is 6.61 Å². The highest BCUT2D eigenvalue weighted by Gasteiger charge is 2.24. The van der Waals surface area contributed by atoms with Crippen LogP contribution in [0.2, 0.25) is 0 Å². The lowest BCUT2D eigenvalue weighted by Crippen LogP contribution is -2.52. The number of rotatable bonds is 7. The predicted molar refractivity (Wildman–Crippen MR) is 86.5 cm³/mol. The average Bonchev–Trinajstić information content (AvgIpc) is 2.57. The molecule has 0 spiro atoms. The summed E-state index contributed by atoms with van der Waals surface area (Å²) in [6, 6.07) is 6.13. The number of pyridine rings is 1. The second-order valence-electron chi connectivity index (χ2n) is 5.84. The van der Waals surface area contributed by atoms with Gasteiger partial charge in [0.1, 0.15) is 0 Å². The van der Waals surface area contributed by atoms with E-state index in [-0.39, 0.29) is 18.6 Å². The molecule has 1 fully saturated rings. The molecule has 1 N–H and O–H groups in total. The van der Waals surface area contributed by atoms with E-state index in [0.29, 0.717) is 6.42 Å². The number of nitrogens with zero attached hydrogens (tertiary/aromatic N) is 3. The van der Waals surface area contributed by atoms with Gasteiger partial charge in [-0.05, 0) is 31.4 Å². The number of hydrogen-bond acceptors (Lipinski definition) is 4. The maximum Gasteiger partial charge on any atom is 0.222 e. The fourth-order valence-corrected chi connectivity index (χ4v) is 2.96. The minimum absolute atomic E-state index is 0.203. The largest absolute Gasteiger partial charge is 0.395 e. The summed E-state index contributed by atoms with van der Waals surface area (Å²) in [6.07, 6.45) is 5.04. The molecule has 1 atom stereocenters. The third-order valence-electron chi connectivity index (χ3n) is 4.42. The smallest absolute Gasteiger partial charge is 0.222 e. The highest BCUT2D eigenvalue weighted by atomic mass is 16.3. The summed E-state index contributed by atoms with van der Waals surface area (Å²) < 4.78 is 0. The van der Waals surface area contributed by atoms with Crippen molar-refractivity contribution in [3.05, 3.63) is 30.1 Å². The zero-order valence-corrected chi connectivity index (χ0v) is 13.4. The van der Waals surface area contributed by atoms with E-state index in [1.165, 1.54) is 0 Å². The minimum atomic E-state index is 0.203. The van der Waals surface area contributed by atoms with Gasteiger partial charge in [0.15, 0.2) is 0 Å². The number of aliphatic hydroxyl groups is 1. The Bertz CT molecular complexity index is 440. The second-order valence-corrected chi connectivity index (χ2v) is 5.84. The van der Waals surface area contributed by atoms with Gasteiger partial charge >= 0.3 is 0 Å². The van der Waals surface area contributed by atoms with Gasteiger partial charge < -0.3 is 10.0 Å². The molecule has 1 aromatic rings. The van der Waals surface area contributed by atoms with Gasteiger partial charge in [0.2, 0.25) is 5.91 Å². The maximum absolute atomic E-state index is 12.2. The van der Waals surface area contributed by atoms with Crippen LogP contribution in [0.25, 0.3) is 0 Å². The molecule has 2 heterocycles.